The van der Waals surface area contributed by atoms with Crippen LogP contribution < -0.4 is 10.5 Å². The molecule has 1 aromatic carbocycles. The Bertz CT molecular complexity index is 824. The third kappa shape index (κ3) is 2.44. The van der Waals surface area contributed by atoms with E-state index >= 15 is 0 Å². The van der Waals surface area contributed by atoms with Gasteiger partial charge in [-0.05, 0) is 36.4 Å². The van der Waals surface area contributed by atoms with Crippen molar-refractivity contribution in [3.8, 4) is 17.0 Å². The molecule has 0 aliphatic rings. The van der Waals surface area contributed by atoms with Gasteiger partial charge in [0.15, 0.2) is 0 Å². The molecule has 3 aromatic rings. The molecule has 22 heavy (non-hydrogen) atoms. The Balaban J connectivity index is 2.23. The van der Waals surface area contributed by atoms with Crippen LogP contribution in [0, 0.1) is 0 Å². The van der Waals surface area contributed by atoms with Gasteiger partial charge < -0.3 is 14.9 Å². The molecule has 112 valence electrons. The molecule has 0 amide bonds. The summed E-state index contributed by atoms with van der Waals surface area (Å²) in [5, 5.41) is 0. The lowest BCUT2D eigenvalue weighted by atomic mass is 10.0. The molecule has 4 nitrogen and oxygen atoms in total. The minimum Gasteiger partial charge on any atom is -0.497 e. The first kappa shape index (κ1) is 14.5. The second-order valence-corrected chi connectivity index (χ2v) is 5.60. The number of nitrogens with two attached hydrogens (primary N) is 1. The van der Waals surface area contributed by atoms with Crippen molar-refractivity contribution in [2.45, 2.75) is 12.8 Å². The lowest BCUT2D eigenvalue weighted by Gasteiger charge is -2.12. The van der Waals surface area contributed by atoms with Crippen molar-refractivity contribution in [3.05, 3.63) is 54.4 Å². The summed E-state index contributed by atoms with van der Waals surface area (Å²) >= 11 is 5.19. The Morgan fingerprint density at radius 1 is 1.23 bits per heavy atom. The molecule has 0 fully saturated rings. The number of ether oxygens (including phenoxy) is 1. The highest BCUT2D eigenvalue weighted by molar-refractivity contribution is 7.80. The van der Waals surface area contributed by atoms with Gasteiger partial charge in [0.05, 0.1) is 23.5 Å². The number of fused-ring (bicyclic) bond motifs is 1. The first-order chi connectivity index (χ1) is 10.6. The summed E-state index contributed by atoms with van der Waals surface area (Å²) in [5.74, 6) is 0.751. The summed E-state index contributed by atoms with van der Waals surface area (Å²) < 4.78 is 7.26. The molecule has 2 aromatic heterocycles. The molecule has 1 atom stereocenters. The fraction of sp³-hybridized carbons (Fsp3) is 0.176. The van der Waals surface area contributed by atoms with Crippen LogP contribution in [0.5, 0.6) is 5.75 Å². The van der Waals surface area contributed by atoms with Crippen LogP contribution in [0.1, 0.15) is 18.5 Å². The van der Waals surface area contributed by atoms with E-state index in [1.807, 2.05) is 60.0 Å². The molecular weight excluding hydrogens is 294 g/mol. The van der Waals surface area contributed by atoms with Gasteiger partial charge in [-0.2, -0.15) is 0 Å². The van der Waals surface area contributed by atoms with Crippen molar-refractivity contribution >= 4 is 22.9 Å². The molecule has 2 heterocycles. The SMILES string of the molecule is COc1ccc(-c2nc3ccccn3c2C(C)C(N)=S)cc1. The maximum Gasteiger partial charge on any atom is 0.137 e. The van der Waals surface area contributed by atoms with Gasteiger partial charge in [0, 0.05) is 17.7 Å². The first-order valence-electron chi connectivity index (χ1n) is 7.02. The second-order valence-electron chi connectivity index (χ2n) is 5.13. The average Bonchev–Trinajstić information content (AvgIpc) is 2.93. The van der Waals surface area contributed by atoms with Crippen LogP contribution in [0.25, 0.3) is 16.9 Å². The molecular formula is C17H17N3OS. The zero-order chi connectivity index (χ0) is 15.7. The molecule has 3 rings (SSSR count). The number of pyridine rings is 1. The number of aromatic nitrogens is 2. The van der Waals surface area contributed by atoms with E-state index in [4.69, 9.17) is 27.7 Å². The van der Waals surface area contributed by atoms with Crippen LogP contribution in [0.15, 0.2) is 48.7 Å². The Morgan fingerprint density at radius 3 is 2.59 bits per heavy atom. The van der Waals surface area contributed by atoms with Crippen molar-refractivity contribution in [1.29, 1.82) is 0 Å². The van der Waals surface area contributed by atoms with Gasteiger partial charge in [0.1, 0.15) is 11.4 Å². The quantitative estimate of drug-likeness (QED) is 0.750. The molecule has 0 spiro atoms. The summed E-state index contributed by atoms with van der Waals surface area (Å²) in [7, 11) is 1.65. The Kier molecular flexibility index (Phi) is 3.81. The van der Waals surface area contributed by atoms with E-state index in [2.05, 4.69) is 0 Å². The lowest BCUT2D eigenvalue weighted by molar-refractivity contribution is 0.415. The zero-order valence-electron chi connectivity index (χ0n) is 12.5. The third-order valence-corrected chi connectivity index (χ3v) is 4.12. The fourth-order valence-electron chi connectivity index (χ4n) is 2.52. The Hall–Kier alpha value is -2.40. The van der Waals surface area contributed by atoms with E-state index in [0.717, 1.165) is 28.3 Å². The monoisotopic (exact) mass is 311 g/mol. The van der Waals surface area contributed by atoms with Crippen LogP contribution in [0.4, 0.5) is 0 Å². The smallest absolute Gasteiger partial charge is 0.137 e. The number of hydrogen-bond acceptors (Lipinski definition) is 3. The minimum atomic E-state index is -0.0653. The van der Waals surface area contributed by atoms with Gasteiger partial charge in [-0.1, -0.05) is 25.2 Å². The summed E-state index contributed by atoms with van der Waals surface area (Å²) in [4.78, 5) is 5.21. The second kappa shape index (κ2) is 5.77. The molecule has 0 saturated carbocycles. The van der Waals surface area contributed by atoms with E-state index in [9.17, 15) is 0 Å². The van der Waals surface area contributed by atoms with Crippen LogP contribution >= 0.6 is 12.2 Å². The maximum atomic E-state index is 5.88. The minimum absolute atomic E-state index is 0.0653. The Labute approximate surface area is 134 Å². The summed E-state index contributed by atoms with van der Waals surface area (Å²) in [6.07, 6.45) is 1.99. The van der Waals surface area contributed by atoms with Crippen molar-refractivity contribution in [1.82, 2.24) is 9.38 Å². The molecule has 5 heteroatoms. The van der Waals surface area contributed by atoms with E-state index in [-0.39, 0.29) is 5.92 Å². The summed E-state index contributed by atoms with van der Waals surface area (Å²) in [5.41, 5.74) is 9.68. The van der Waals surface area contributed by atoms with Gasteiger partial charge in [-0.25, -0.2) is 4.98 Å². The van der Waals surface area contributed by atoms with Crippen molar-refractivity contribution in [2.24, 2.45) is 5.73 Å². The normalized spacial score (nSPS) is 12.3. The van der Waals surface area contributed by atoms with Crippen LogP contribution in [0.2, 0.25) is 0 Å². The van der Waals surface area contributed by atoms with E-state index in [1.54, 1.807) is 7.11 Å². The summed E-state index contributed by atoms with van der Waals surface area (Å²) in [6.45, 7) is 2.01. The largest absolute Gasteiger partial charge is 0.497 e. The van der Waals surface area contributed by atoms with Crippen LogP contribution in [-0.2, 0) is 0 Å². The molecule has 0 bridgehead atoms. The van der Waals surface area contributed by atoms with Crippen LogP contribution in [0.3, 0.4) is 0 Å². The molecule has 0 aliphatic heterocycles. The van der Waals surface area contributed by atoms with Gasteiger partial charge in [-0.3, -0.25) is 0 Å². The van der Waals surface area contributed by atoms with E-state index < -0.39 is 0 Å². The predicted molar refractivity (Wildman–Crippen MR) is 92.4 cm³/mol. The number of hydrogen-bond donors (Lipinski definition) is 1. The third-order valence-electron chi connectivity index (χ3n) is 3.77. The number of thiocarbonyl (C=S) groups is 1. The van der Waals surface area contributed by atoms with Gasteiger partial charge in [0.25, 0.3) is 0 Å². The maximum absolute atomic E-state index is 5.88. The standard InChI is InChI=1S/C17H17N3OS/c1-11(17(18)22)16-15(12-6-8-13(21-2)9-7-12)19-14-5-3-4-10-20(14)16/h3-11H,1-2H3,(H2,18,22). The van der Waals surface area contributed by atoms with Crippen molar-refractivity contribution in [2.75, 3.05) is 7.11 Å². The van der Waals surface area contributed by atoms with Gasteiger partial charge >= 0.3 is 0 Å². The number of rotatable bonds is 4. The van der Waals surface area contributed by atoms with E-state index in [0.29, 0.717) is 4.99 Å². The highest BCUT2D eigenvalue weighted by Crippen LogP contribution is 2.31. The number of methoxy groups -OCH3 is 1. The predicted octanol–water partition coefficient (Wildman–Crippen LogP) is 3.40. The van der Waals surface area contributed by atoms with Crippen molar-refractivity contribution in [3.63, 3.8) is 0 Å². The summed E-state index contributed by atoms with van der Waals surface area (Å²) in [6, 6.07) is 13.8. The molecule has 0 radical (unpaired) electrons. The Morgan fingerprint density at radius 2 is 1.95 bits per heavy atom. The highest BCUT2D eigenvalue weighted by Gasteiger charge is 2.21. The molecule has 0 aliphatic carbocycles. The number of nitrogens with zero attached hydrogens (tertiary/aromatic N) is 2. The molecule has 1 unspecified atom stereocenters. The van der Waals surface area contributed by atoms with E-state index in [1.165, 1.54) is 0 Å². The van der Waals surface area contributed by atoms with Gasteiger partial charge in [-0.15, -0.1) is 0 Å². The molecule has 2 N–H and O–H groups in total. The molecule has 0 saturated heterocycles. The van der Waals surface area contributed by atoms with Crippen molar-refractivity contribution < 1.29 is 4.74 Å². The lowest BCUT2D eigenvalue weighted by Crippen LogP contribution is -2.18. The zero-order valence-corrected chi connectivity index (χ0v) is 13.3. The first-order valence-corrected chi connectivity index (χ1v) is 7.43. The topological polar surface area (TPSA) is 52.5 Å². The number of benzene rings is 1. The highest BCUT2D eigenvalue weighted by atomic mass is 32.1. The average molecular weight is 311 g/mol. The fourth-order valence-corrected chi connectivity index (χ4v) is 2.64. The van der Waals surface area contributed by atoms with Gasteiger partial charge in [0.2, 0.25) is 0 Å². The van der Waals surface area contributed by atoms with Crippen LogP contribution in [-0.4, -0.2) is 21.5 Å². The number of imidazole rings is 1.